The SMILES string of the molecule is CC(=O)Oc1c(Br)cc(/C=C2\SC(=Nc3ccc(C)cc3)NC2=O)cc1Br. The fraction of sp³-hybridized carbons (Fsp3) is 0.105. The van der Waals surface area contributed by atoms with E-state index < -0.39 is 5.97 Å². The predicted octanol–water partition coefficient (Wildman–Crippen LogP) is 5.34. The summed E-state index contributed by atoms with van der Waals surface area (Å²) in [5.74, 6) is -0.220. The molecule has 2 aromatic rings. The molecular formula is C19H14Br2N2O3S. The molecule has 1 aliphatic rings. The topological polar surface area (TPSA) is 67.8 Å². The quantitative estimate of drug-likeness (QED) is 0.344. The van der Waals surface area contributed by atoms with Gasteiger partial charge >= 0.3 is 5.97 Å². The van der Waals surface area contributed by atoms with Crippen LogP contribution in [0.5, 0.6) is 5.75 Å². The van der Waals surface area contributed by atoms with Crippen LogP contribution in [0.25, 0.3) is 6.08 Å². The van der Waals surface area contributed by atoms with E-state index in [9.17, 15) is 9.59 Å². The molecule has 1 fully saturated rings. The highest BCUT2D eigenvalue weighted by molar-refractivity contribution is 9.11. The van der Waals surface area contributed by atoms with Crippen molar-refractivity contribution in [3.63, 3.8) is 0 Å². The van der Waals surface area contributed by atoms with E-state index >= 15 is 0 Å². The number of esters is 1. The van der Waals surface area contributed by atoms with Crippen LogP contribution in [0, 0.1) is 6.92 Å². The summed E-state index contributed by atoms with van der Waals surface area (Å²) in [6.07, 6.45) is 1.75. The van der Waals surface area contributed by atoms with Crippen molar-refractivity contribution in [2.24, 2.45) is 4.99 Å². The average Bonchev–Trinajstić information content (AvgIpc) is 2.92. The maximum atomic E-state index is 12.2. The Morgan fingerprint density at radius 2 is 1.81 bits per heavy atom. The summed E-state index contributed by atoms with van der Waals surface area (Å²) in [5.41, 5.74) is 2.70. The smallest absolute Gasteiger partial charge is 0.308 e. The number of carbonyl (C=O) groups is 2. The summed E-state index contributed by atoms with van der Waals surface area (Å²) in [5, 5.41) is 3.30. The molecule has 2 aromatic carbocycles. The van der Waals surface area contributed by atoms with Gasteiger partial charge in [0.2, 0.25) is 0 Å². The van der Waals surface area contributed by atoms with Gasteiger partial charge in [-0.15, -0.1) is 0 Å². The van der Waals surface area contributed by atoms with Crippen molar-refractivity contribution in [3.8, 4) is 5.75 Å². The third-order valence-corrected chi connectivity index (χ3v) is 5.57. The fourth-order valence-electron chi connectivity index (χ4n) is 2.27. The minimum atomic E-state index is -0.412. The van der Waals surface area contributed by atoms with Crippen LogP contribution >= 0.6 is 43.6 Å². The van der Waals surface area contributed by atoms with E-state index in [0.717, 1.165) is 16.8 Å². The third-order valence-electron chi connectivity index (χ3n) is 3.48. The lowest BCUT2D eigenvalue weighted by Gasteiger charge is -2.08. The number of nitrogens with one attached hydrogen (secondary N) is 1. The van der Waals surface area contributed by atoms with Gasteiger partial charge in [-0.25, -0.2) is 4.99 Å². The van der Waals surface area contributed by atoms with Crippen LogP contribution in [0.1, 0.15) is 18.1 Å². The Labute approximate surface area is 177 Å². The Bertz CT molecular complexity index is 962. The first-order chi connectivity index (χ1) is 12.8. The molecule has 8 heteroatoms. The van der Waals surface area contributed by atoms with Gasteiger partial charge in [-0.2, -0.15) is 0 Å². The molecule has 0 aliphatic carbocycles. The van der Waals surface area contributed by atoms with Gasteiger partial charge in [0.25, 0.3) is 5.91 Å². The lowest BCUT2D eigenvalue weighted by molar-refractivity contribution is -0.132. The number of ether oxygens (including phenoxy) is 1. The van der Waals surface area contributed by atoms with Crippen molar-refractivity contribution in [2.75, 3.05) is 0 Å². The van der Waals surface area contributed by atoms with Crippen LogP contribution in [0.15, 0.2) is 55.2 Å². The number of carbonyl (C=O) groups excluding carboxylic acids is 2. The Morgan fingerprint density at radius 1 is 1.19 bits per heavy atom. The van der Waals surface area contributed by atoms with Crippen molar-refractivity contribution in [3.05, 3.63) is 61.4 Å². The van der Waals surface area contributed by atoms with E-state index in [1.807, 2.05) is 31.2 Å². The minimum absolute atomic E-state index is 0.206. The summed E-state index contributed by atoms with van der Waals surface area (Å²) in [7, 11) is 0. The monoisotopic (exact) mass is 508 g/mol. The molecule has 0 aromatic heterocycles. The number of amides is 1. The first-order valence-corrected chi connectivity index (χ1v) is 10.3. The molecule has 1 amide bonds. The van der Waals surface area contributed by atoms with Gasteiger partial charge in [0.15, 0.2) is 10.9 Å². The normalized spacial score (nSPS) is 16.7. The summed E-state index contributed by atoms with van der Waals surface area (Å²) in [6.45, 7) is 3.34. The molecule has 3 rings (SSSR count). The number of hydrogen-bond donors (Lipinski definition) is 1. The van der Waals surface area contributed by atoms with Crippen molar-refractivity contribution in [1.29, 1.82) is 0 Å². The predicted molar refractivity (Wildman–Crippen MR) is 115 cm³/mol. The molecule has 1 N–H and O–H groups in total. The number of hydrogen-bond acceptors (Lipinski definition) is 5. The van der Waals surface area contributed by atoms with Crippen molar-refractivity contribution in [1.82, 2.24) is 5.32 Å². The van der Waals surface area contributed by atoms with Gasteiger partial charge < -0.3 is 10.1 Å². The van der Waals surface area contributed by atoms with Crippen LogP contribution < -0.4 is 10.1 Å². The van der Waals surface area contributed by atoms with Crippen LogP contribution in [0.2, 0.25) is 0 Å². The molecule has 0 saturated carbocycles. The molecule has 138 valence electrons. The highest BCUT2D eigenvalue weighted by Gasteiger charge is 2.24. The Kier molecular flexibility index (Phi) is 6.18. The van der Waals surface area contributed by atoms with Crippen LogP contribution in [0.4, 0.5) is 5.69 Å². The largest absolute Gasteiger partial charge is 0.424 e. The number of aliphatic imine (C=N–C) groups is 1. The second-order valence-corrected chi connectivity index (χ2v) is 8.46. The fourth-order valence-corrected chi connectivity index (χ4v) is 4.50. The molecule has 1 heterocycles. The average molecular weight is 510 g/mol. The van der Waals surface area contributed by atoms with E-state index in [0.29, 0.717) is 24.8 Å². The van der Waals surface area contributed by atoms with Gasteiger partial charge in [-0.05, 0) is 86.5 Å². The molecule has 5 nitrogen and oxygen atoms in total. The van der Waals surface area contributed by atoms with Gasteiger partial charge in [0.05, 0.1) is 19.5 Å². The zero-order valence-corrected chi connectivity index (χ0v) is 18.4. The highest BCUT2D eigenvalue weighted by atomic mass is 79.9. The molecule has 0 unspecified atom stereocenters. The van der Waals surface area contributed by atoms with Crippen molar-refractivity contribution in [2.45, 2.75) is 13.8 Å². The summed E-state index contributed by atoms with van der Waals surface area (Å²) >= 11 is 8.04. The van der Waals surface area contributed by atoms with Crippen LogP contribution in [-0.4, -0.2) is 17.0 Å². The van der Waals surface area contributed by atoms with Crippen LogP contribution in [0.3, 0.4) is 0 Å². The zero-order chi connectivity index (χ0) is 19.6. The summed E-state index contributed by atoms with van der Waals surface area (Å²) < 4.78 is 6.37. The number of benzene rings is 2. The molecule has 27 heavy (non-hydrogen) atoms. The van der Waals surface area contributed by atoms with E-state index in [1.165, 1.54) is 18.7 Å². The molecule has 0 atom stereocenters. The van der Waals surface area contributed by atoms with Gasteiger partial charge in [0, 0.05) is 6.92 Å². The number of rotatable bonds is 3. The van der Waals surface area contributed by atoms with Gasteiger partial charge in [-0.3, -0.25) is 9.59 Å². The molecular weight excluding hydrogens is 496 g/mol. The van der Waals surface area contributed by atoms with E-state index in [-0.39, 0.29) is 5.91 Å². The summed E-state index contributed by atoms with van der Waals surface area (Å²) in [6, 6.07) is 11.3. The standard InChI is InChI=1S/C19H14Br2N2O3S/c1-10-3-5-13(6-4-10)22-19-23-18(25)16(27-19)9-12-7-14(20)17(15(21)8-12)26-11(2)24/h3-9H,1-2H3,(H,22,23,25)/b16-9-. The Hall–Kier alpha value is -1.90. The summed E-state index contributed by atoms with van der Waals surface area (Å²) in [4.78, 5) is 28.4. The van der Waals surface area contributed by atoms with E-state index in [2.05, 4.69) is 42.2 Å². The second kappa shape index (κ2) is 8.41. The third kappa shape index (κ3) is 5.09. The molecule has 1 saturated heterocycles. The van der Waals surface area contributed by atoms with Gasteiger partial charge in [0.1, 0.15) is 0 Å². The lowest BCUT2D eigenvalue weighted by atomic mass is 10.2. The van der Waals surface area contributed by atoms with Gasteiger partial charge in [-0.1, -0.05) is 17.7 Å². The highest BCUT2D eigenvalue weighted by Crippen LogP contribution is 2.36. The molecule has 0 radical (unpaired) electrons. The Balaban J connectivity index is 1.84. The maximum Gasteiger partial charge on any atom is 0.308 e. The molecule has 1 aliphatic heterocycles. The Morgan fingerprint density at radius 3 is 2.41 bits per heavy atom. The maximum absolute atomic E-state index is 12.2. The number of halogens is 2. The zero-order valence-electron chi connectivity index (χ0n) is 14.4. The minimum Gasteiger partial charge on any atom is -0.424 e. The first kappa shape index (κ1) is 19.9. The molecule has 0 spiro atoms. The number of nitrogens with zero attached hydrogens (tertiary/aromatic N) is 1. The lowest BCUT2D eigenvalue weighted by Crippen LogP contribution is -2.19. The van der Waals surface area contributed by atoms with Crippen molar-refractivity contribution < 1.29 is 14.3 Å². The first-order valence-electron chi connectivity index (χ1n) is 7.85. The number of aryl methyl sites for hydroxylation is 1. The van der Waals surface area contributed by atoms with E-state index in [4.69, 9.17) is 4.74 Å². The van der Waals surface area contributed by atoms with Crippen molar-refractivity contribution >= 4 is 72.4 Å². The van der Waals surface area contributed by atoms with Crippen LogP contribution in [-0.2, 0) is 9.59 Å². The van der Waals surface area contributed by atoms with E-state index in [1.54, 1.807) is 18.2 Å². The second-order valence-electron chi connectivity index (χ2n) is 5.72. The number of amidine groups is 1. The molecule has 0 bridgehead atoms. The number of thioether (sulfide) groups is 1.